The molecule has 1 amide bonds. The van der Waals surface area contributed by atoms with Crippen LogP contribution < -0.4 is 5.32 Å². The Morgan fingerprint density at radius 3 is 2.73 bits per heavy atom. The van der Waals surface area contributed by atoms with E-state index >= 15 is 0 Å². The average Bonchev–Trinajstić information content (AvgIpc) is 3.01. The van der Waals surface area contributed by atoms with E-state index < -0.39 is 5.97 Å². The molecule has 5 nitrogen and oxygen atoms in total. The van der Waals surface area contributed by atoms with Crippen LogP contribution in [0.2, 0.25) is 0 Å². The average molecular weight is 206 g/mol. The maximum absolute atomic E-state index is 11.4. The van der Waals surface area contributed by atoms with Crippen molar-refractivity contribution in [2.45, 2.75) is 12.8 Å². The van der Waals surface area contributed by atoms with Gasteiger partial charge in [0.05, 0.1) is 17.4 Å². The van der Waals surface area contributed by atoms with Crippen LogP contribution in [0.1, 0.15) is 23.2 Å². The van der Waals surface area contributed by atoms with Gasteiger partial charge < -0.3 is 10.4 Å². The van der Waals surface area contributed by atoms with Gasteiger partial charge in [0.25, 0.3) is 0 Å². The fraction of sp³-hybridized carbons (Fsp3) is 0.300. The second kappa shape index (κ2) is 3.68. The second-order valence-corrected chi connectivity index (χ2v) is 3.53. The molecular formula is C10H10N2O3. The lowest BCUT2D eigenvalue weighted by Crippen LogP contribution is -2.14. The quantitative estimate of drug-likeness (QED) is 0.776. The number of carbonyl (C=O) groups excluding carboxylic acids is 1. The van der Waals surface area contributed by atoms with Crippen LogP contribution in [0.4, 0.5) is 5.69 Å². The van der Waals surface area contributed by atoms with E-state index in [2.05, 4.69) is 10.3 Å². The Labute approximate surface area is 86.1 Å². The smallest absolute Gasteiger partial charge is 0.337 e. The molecule has 1 aromatic heterocycles. The van der Waals surface area contributed by atoms with Crippen LogP contribution in [0.25, 0.3) is 0 Å². The zero-order valence-electron chi connectivity index (χ0n) is 7.93. The molecule has 0 aliphatic heterocycles. The Bertz CT molecular complexity index is 413. The third-order valence-electron chi connectivity index (χ3n) is 2.20. The Morgan fingerprint density at radius 2 is 2.13 bits per heavy atom. The van der Waals surface area contributed by atoms with Gasteiger partial charge in [-0.05, 0) is 18.9 Å². The number of aromatic nitrogens is 1. The molecule has 1 aromatic rings. The lowest BCUT2D eigenvalue weighted by Gasteiger charge is -2.03. The van der Waals surface area contributed by atoms with E-state index in [0.717, 1.165) is 12.8 Å². The molecule has 2 N–H and O–H groups in total. The molecule has 2 rings (SSSR count). The van der Waals surface area contributed by atoms with Crippen LogP contribution in [0, 0.1) is 5.92 Å². The molecule has 0 bridgehead atoms. The van der Waals surface area contributed by atoms with E-state index in [1.165, 1.54) is 18.5 Å². The summed E-state index contributed by atoms with van der Waals surface area (Å²) >= 11 is 0. The zero-order chi connectivity index (χ0) is 10.8. The molecule has 1 aliphatic rings. The van der Waals surface area contributed by atoms with E-state index in [0.29, 0.717) is 5.69 Å². The Hall–Kier alpha value is -1.91. The first-order chi connectivity index (χ1) is 7.16. The highest BCUT2D eigenvalue weighted by atomic mass is 16.4. The van der Waals surface area contributed by atoms with Gasteiger partial charge in [-0.2, -0.15) is 0 Å². The minimum absolute atomic E-state index is 0.0562. The van der Waals surface area contributed by atoms with Gasteiger partial charge in [0.2, 0.25) is 5.91 Å². The molecule has 1 heterocycles. The second-order valence-electron chi connectivity index (χ2n) is 3.53. The number of pyridine rings is 1. The van der Waals surface area contributed by atoms with E-state index in [1.807, 2.05) is 0 Å². The maximum Gasteiger partial charge on any atom is 0.337 e. The summed E-state index contributed by atoms with van der Waals surface area (Å²) in [7, 11) is 0. The number of amides is 1. The SMILES string of the molecule is O=C(O)c1cncc(NC(=O)C2CC2)c1. The number of carboxylic acid groups (broad SMARTS) is 1. The Morgan fingerprint density at radius 1 is 1.40 bits per heavy atom. The van der Waals surface area contributed by atoms with E-state index in [4.69, 9.17) is 5.11 Å². The number of carboxylic acids is 1. The van der Waals surface area contributed by atoms with Crippen LogP contribution in [0.15, 0.2) is 18.5 Å². The van der Waals surface area contributed by atoms with Crippen LogP contribution in [-0.4, -0.2) is 22.0 Å². The van der Waals surface area contributed by atoms with E-state index in [-0.39, 0.29) is 17.4 Å². The summed E-state index contributed by atoms with van der Waals surface area (Å²) in [4.78, 5) is 25.7. The van der Waals surface area contributed by atoms with Gasteiger partial charge >= 0.3 is 5.97 Å². The van der Waals surface area contributed by atoms with Crippen molar-refractivity contribution in [3.05, 3.63) is 24.0 Å². The van der Waals surface area contributed by atoms with Gasteiger partial charge in [0.15, 0.2) is 0 Å². The topological polar surface area (TPSA) is 79.3 Å². The van der Waals surface area contributed by atoms with Gasteiger partial charge in [-0.15, -0.1) is 0 Å². The molecule has 1 aliphatic carbocycles. The van der Waals surface area contributed by atoms with Gasteiger partial charge in [-0.1, -0.05) is 0 Å². The molecular weight excluding hydrogens is 196 g/mol. The summed E-state index contributed by atoms with van der Waals surface area (Å²) in [6, 6.07) is 1.40. The standard InChI is InChI=1S/C10H10N2O3/c13-9(6-1-2-6)12-8-3-7(10(14)15)4-11-5-8/h3-6H,1-2H2,(H,12,13)(H,14,15). The number of hydrogen-bond acceptors (Lipinski definition) is 3. The van der Waals surface area contributed by atoms with Gasteiger partial charge in [-0.25, -0.2) is 4.79 Å². The number of anilines is 1. The van der Waals surface area contributed by atoms with E-state index in [1.54, 1.807) is 0 Å². The van der Waals surface area contributed by atoms with Crippen molar-refractivity contribution < 1.29 is 14.7 Å². The summed E-state index contributed by atoms with van der Waals surface area (Å²) in [5.41, 5.74) is 0.510. The van der Waals surface area contributed by atoms with Crippen LogP contribution in [-0.2, 0) is 4.79 Å². The van der Waals surface area contributed by atoms with Crippen molar-refractivity contribution in [1.29, 1.82) is 0 Å². The number of nitrogens with one attached hydrogen (secondary N) is 1. The molecule has 1 fully saturated rings. The van der Waals surface area contributed by atoms with Crippen molar-refractivity contribution in [3.8, 4) is 0 Å². The highest BCUT2D eigenvalue weighted by Gasteiger charge is 2.29. The predicted molar refractivity (Wildman–Crippen MR) is 52.6 cm³/mol. The van der Waals surface area contributed by atoms with Gasteiger partial charge in [0, 0.05) is 12.1 Å². The lowest BCUT2D eigenvalue weighted by atomic mass is 10.2. The number of rotatable bonds is 3. The normalized spacial score (nSPS) is 14.7. The molecule has 0 spiro atoms. The monoisotopic (exact) mass is 206 g/mol. The van der Waals surface area contributed by atoms with Crippen LogP contribution in [0.3, 0.4) is 0 Å². The highest BCUT2D eigenvalue weighted by Crippen LogP contribution is 2.30. The number of nitrogens with zero attached hydrogens (tertiary/aromatic N) is 1. The third-order valence-corrected chi connectivity index (χ3v) is 2.20. The molecule has 1 saturated carbocycles. The molecule has 5 heteroatoms. The molecule has 0 saturated heterocycles. The molecule has 0 aromatic carbocycles. The van der Waals surface area contributed by atoms with Crippen molar-refractivity contribution in [2.24, 2.45) is 5.92 Å². The van der Waals surface area contributed by atoms with Crippen molar-refractivity contribution in [1.82, 2.24) is 4.98 Å². The first-order valence-corrected chi connectivity index (χ1v) is 4.66. The molecule has 78 valence electrons. The first-order valence-electron chi connectivity index (χ1n) is 4.66. The zero-order valence-corrected chi connectivity index (χ0v) is 7.93. The summed E-state index contributed by atoms with van der Waals surface area (Å²) in [6.07, 6.45) is 4.51. The summed E-state index contributed by atoms with van der Waals surface area (Å²) in [5.74, 6) is -1.01. The molecule has 0 unspecified atom stereocenters. The maximum atomic E-state index is 11.4. The van der Waals surface area contributed by atoms with E-state index in [9.17, 15) is 9.59 Å². The van der Waals surface area contributed by atoms with Crippen LogP contribution in [0.5, 0.6) is 0 Å². The molecule has 15 heavy (non-hydrogen) atoms. The third kappa shape index (κ3) is 2.31. The highest BCUT2D eigenvalue weighted by molar-refractivity contribution is 5.95. The largest absolute Gasteiger partial charge is 0.478 e. The summed E-state index contributed by atoms with van der Waals surface area (Å²) < 4.78 is 0. The number of carbonyl (C=O) groups is 2. The Kier molecular flexibility index (Phi) is 2.37. The van der Waals surface area contributed by atoms with Crippen molar-refractivity contribution in [2.75, 3.05) is 5.32 Å². The minimum Gasteiger partial charge on any atom is -0.478 e. The summed E-state index contributed by atoms with van der Waals surface area (Å²) in [6.45, 7) is 0. The van der Waals surface area contributed by atoms with Crippen LogP contribution >= 0.6 is 0 Å². The fourth-order valence-electron chi connectivity index (χ4n) is 1.22. The Balaban J connectivity index is 2.10. The van der Waals surface area contributed by atoms with Crippen molar-refractivity contribution in [3.63, 3.8) is 0 Å². The van der Waals surface area contributed by atoms with Gasteiger partial charge in [0.1, 0.15) is 0 Å². The van der Waals surface area contributed by atoms with Gasteiger partial charge in [-0.3, -0.25) is 9.78 Å². The van der Waals surface area contributed by atoms with Crippen molar-refractivity contribution >= 4 is 17.6 Å². The molecule has 0 radical (unpaired) electrons. The number of hydrogen-bond donors (Lipinski definition) is 2. The number of aromatic carboxylic acids is 1. The summed E-state index contributed by atoms with van der Waals surface area (Å²) in [5, 5.41) is 11.3. The predicted octanol–water partition coefficient (Wildman–Crippen LogP) is 1.13. The molecule has 0 atom stereocenters. The lowest BCUT2D eigenvalue weighted by molar-refractivity contribution is -0.117. The minimum atomic E-state index is -1.05. The fourth-order valence-corrected chi connectivity index (χ4v) is 1.22. The first kappa shape index (κ1) is 9.64.